The lowest BCUT2D eigenvalue weighted by Gasteiger charge is -2.20. The first-order valence-electron chi connectivity index (χ1n) is 14.4. The monoisotopic (exact) mass is 637 g/mol. The van der Waals surface area contributed by atoms with Gasteiger partial charge in [0.1, 0.15) is 24.5 Å². The maximum Gasteiger partial charge on any atom is 0.411 e. The number of rotatable bonds is 7. The normalized spacial score (nSPS) is 16.5. The van der Waals surface area contributed by atoms with Crippen molar-refractivity contribution >= 4 is 40.9 Å². The Balaban J connectivity index is 1.41. The zero-order chi connectivity index (χ0) is 32.1. The minimum absolute atomic E-state index is 0.0362. The van der Waals surface area contributed by atoms with Crippen LogP contribution in [0.15, 0.2) is 48.9 Å². The second-order valence-corrected chi connectivity index (χ2v) is 11.1. The third-order valence-electron chi connectivity index (χ3n) is 7.54. The average Bonchev–Trinajstić information content (AvgIpc) is 3.65. The van der Waals surface area contributed by atoms with Crippen molar-refractivity contribution in [1.82, 2.24) is 24.8 Å². The SMILES string of the molecule is COCCOC(=O)Nc1ccc2c(c1)NC(=O)[C@H](C)CCC[C@H](NC(=O)c1ncn(-c3cccc(Cl)c3F)c1C)c1nc-2c[nH]1. The molecule has 14 heteroatoms. The number of nitrogens with one attached hydrogen (secondary N) is 4. The number of methoxy groups -OCH3 is 1. The summed E-state index contributed by atoms with van der Waals surface area (Å²) >= 11 is 5.96. The predicted octanol–water partition coefficient (Wildman–Crippen LogP) is 5.79. The highest BCUT2D eigenvalue weighted by molar-refractivity contribution is 6.30. The van der Waals surface area contributed by atoms with E-state index >= 15 is 0 Å². The van der Waals surface area contributed by atoms with Crippen LogP contribution in [0.3, 0.4) is 0 Å². The molecule has 4 aromatic rings. The van der Waals surface area contributed by atoms with Crippen LogP contribution < -0.4 is 16.0 Å². The molecule has 2 aromatic carbocycles. The van der Waals surface area contributed by atoms with E-state index in [1.54, 1.807) is 43.5 Å². The van der Waals surface area contributed by atoms with E-state index in [2.05, 4.69) is 25.9 Å². The van der Waals surface area contributed by atoms with Crippen molar-refractivity contribution in [3.05, 3.63) is 77.0 Å². The molecule has 2 bridgehead atoms. The van der Waals surface area contributed by atoms with Crippen molar-refractivity contribution in [3.63, 3.8) is 0 Å². The Bertz CT molecular complexity index is 1720. The Kier molecular flexibility index (Phi) is 9.79. The molecule has 0 saturated carbocycles. The van der Waals surface area contributed by atoms with E-state index < -0.39 is 23.9 Å². The van der Waals surface area contributed by atoms with E-state index in [9.17, 15) is 18.8 Å². The highest BCUT2D eigenvalue weighted by Crippen LogP contribution is 2.33. The summed E-state index contributed by atoms with van der Waals surface area (Å²) in [5.41, 5.74) is 2.76. The van der Waals surface area contributed by atoms with Gasteiger partial charge in [-0.1, -0.05) is 31.0 Å². The van der Waals surface area contributed by atoms with Crippen LogP contribution in [0.1, 0.15) is 54.2 Å². The highest BCUT2D eigenvalue weighted by Gasteiger charge is 2.26. The molecule has 2 atom stereocenters. The largest absolute Gasteiger partial charge is 0.447 e. The van der Waals surface area contributed by atoms with Gasteiger partial charge in [0, 0.05) is 30.5 Å². The Morgan fingerprint density at radius 2 is 2.02 bits per heavy atom. The lowest BCUT2D eigenvalue weighted by atomic mass is 9.99. The molecule has 0 spiro atoms. The smallest absolute Gasteiger partial charge is 0.411 e. The summed E-state index contributed by atoms with van der Waals surface area (Å²) in [7, 11) is 1.51. The minimum Gasteiger partial charge on any atom is -0.447 e. The number of imidazole rings is 2. The van der Waals surface area contributed by atoms with Crippen molar-refractivity contribution in [2.24, 2.45) is 5.92 Å². The van der Waals surface area contributed by atoms with Crippen molar-refractivity contribution in [3.8, 4) is 16.9 Å². The summed E-state index contributed by atoms with van der Waals surface area (Å²) in [5, 5.41) is 8.60. The van der Waals surface area contributed by atoms with Crippen LogP contribution in [0.2, 0.25) is 5.02 Å². The van der Waals surface area contributed by atoms with Gasteiger partial charge in [-0.05, 0) is 50.1 Å². The summed E-state index contributed by atoms with van der Waals surface area (Å²) in [5.74, 6) is -1.08. The number of ether oxygens (including phenoxy) is 2. The molecular weight excluding hydrogens is 605 g/mol. The number of carbonyl (C=O) groups excluding carboxylic acids is 3. The molecule has 5 rings (SSSR count). The zero-order valence-electron chi connectivity index (χ0n) is 24.9. The molecule has 45 heavy (non-hydrogen) atoms. The van der Waals surface area contributed by atoms with E-state index in [0.717, 1.165) is 0 Å². The molecule has 0 unspecified atom stereocenters. The molecule has 3 amide bonds. The fourth-order valence-corrected chi connectivity index (χ4v) is 5.22. The third kappa shape index (κ3) is 7.15. The average molecular weight is 638 g/mol. The van der Waals surface area contributed by atoms with Gasteiger partial charge >= 0.3 is 6.09 Å². The lowest BCUT2D eigenvalue weighted by molar-refractivity contribution is -0.119. The molecular formula is C31H33ClFN7O5. The molecule has 1 aliphatic heterocycles. The van der Waals surface area contributed by atoms with Gasteiger partial charge in [-0.2, -0.15) is 0 Å². The van der Waals surface area contributed by atoms with E-state index in [1.165, 1.54) is 24.1 Å². The number of anilines is 2. The minimum atomic E-state index is -0.654. The van der Waals surface area contributed by atoms with Gasteiger partial charge in [0.15, 0.2) is 5.82 Å². The quantitative estimate of drug-likeness (QED) is 0.187. The number of halogens is 2. The van der Waals surface area contributed by atoms with Gasteiger partial charge < -0.3 is 25.1 Å². The van der Waals surface area contributed by atoms with E-state index in [1.807, 2.05) is 6.92 Å². The van der Waals surface area contributed by atoms with E-state index in [-0.39, 0.29) is 41.4 Å². The Hall–Kier alpha value is -4.75. The van der Waals surface area contributed by atoms with Crippen LogP contribution in [-0.4, -0.2) is 57.8 Å². The number of carbonyl (C=O) groups is 3. The third-order valence-corrected chi connectivity index (χ3v) is 7.84. The first-order chi connectivity index (χ1) is 21.7. The second kappa shape index (κ2) is 13.9. The van der Waals surface area contributed by atoms with Crippen LogP contribution in [-0.2, 0) is 14.3 Å². The van der Waals surface area contributed by atoms with Gasteiger partial charge in [0.05, 0.1) is 40.4 Å². The summed E-state index contributed by atoms with van der Waals surface area (Å²) in [6.45, 7) is 3.86. The van der Waals surface area contributed by atoms with Crippen LogP contribution >= 0.6 is 11.6 Å². The number of nitrogens with zero attached hydrogens (tertiary/aromatic N) is 3. The topological polar surface area (TPSA) is 152 Å². The van der Waals surface area contributed by atoms with Crippen molar-refractivity contribution in [1.29, 1.82) is 0 Å². The standard InChI is InChI=1S/C31H33ClFN7O5/c1-17-6-4-8-22(38-30(42)27-18(2)40(16-35-27)25-9-5-7-21(32)26(25)33)28-34-15-24(37-28)20-11-10-19(14-23(20)39-29(17)41)36-31(43)45-13-12-44-3/h5,7,9-11,14-17,22H,4,6,8,12-13H2,1-3H3,(H,34,37)(H,36,43)(H,38,42)(H,39,41)/t17-,22+/m1/s1. The number of H-pyrrole nitrogens is 1. The molecule has 4 N–H and O–H groups in total. The molecule has 0 saturated heterocycles. The molecule has 1 aliphatic rings. The first kappa shape index (κ1) is 31.7. The van der Waals surface area contributed by atoms with E-state index in [0.29, 0.717) is 53.4 Å². The van der Waals surface area contributed by atoms with Crippen molar-refractivity contribution in [2.75, 3.05) is 31.0 Å². The number of fused-ring (bicyclic) bond motifs is 4. The second-order valence-electron chi connectivity index (χ2n) is 10.7. The molecule has 12 nitrogen and oxygen atoms in total. The Morgan fingerprint density at radius 3 is 2.82 bits per heavy atom. The van der Waals surface area contributed by atoms with E-state index in [4.69, 9.17) is 26.1 Å². The molecule has 2 aromatic heterocycles. The van der Waals surface area contributed by atoms with Crippen LogP contribution in [0.5, 0.6) is 0 Å². The number of hydrogen-bond donors (Lipinski definition) is 4. The molecule has 236 valence electrons. The number of hydrogen-bond acceptors (Lipinski definition) is 7. The van der Waals surface area contributed by atoms with Crippen molar-refractivity contribution in [2.45, 2.75) is 39.2 Å². The molecule has 0 fully saturated rings. The maximum absolute atomic E-state index is 14.7. The number of amides is 3. The Labute approximate surface area is 263 Å². The lowest BCUT2D eigenvalue weighted by Crippen LogP contribution is -2.30. The predicted molar refractivity (Wildman–Crippen MR) is 166 cm³/mol. The van der Waals surface area contributed by atoms with Gasteiger partial charge in [-0.25, -0.2) is 19.2 Å². The van der Waals surface area contributed by atoms with Gasteiger partial charge in [-0.15, -0.1) is 0 Å². The molecule has 3 heterocycles. The van der Waals surface area contributed by atoms with Gasteiger partial charge in [0.2, 0.25) is 5.91 Å². The first-order valence-corrected chi connectivity index (χ1v) is 14.8. The van der Waals surface area contributed by atoms with Gasteiger partial charge in [0.25, 0.3) is 5.91 Å². The number of aromatic amines is 1. The van der Waals surface area contributed by atoms with Crippen LogP contribution in [0.25, 0.3) is 16.9 Å². The van der Waals surface area contributed by atoms with Gasteiger partial charge in [-0.3, -0.25) is 19.5 Å². The highest BCUT2D eigenvalue weighted by atomic mass is 35.5. The zero-order valence-corrected chi connectivity index (χ0v) is 25.7. The van der Waals surface area contributed by atoms with Crippen molar-refractivity contribution < 1.29 is 28.2 Å². The molecule has 0 aliphatic carbocycles. The fraction of sp³-hybridized carbons (Fsp3) is 0.323. The molecule has 0 radical (unpaired) electrons. The van der Waals surface area contributed by atoms with Crippen LogP contribution in [0.4, 0.5) is 20.6 Å². The summed E-state index contributed by atoms with van der Waals surface area (Å²) in [6, 6.07) is 9.13. The number of aromatic nitrogens is 4. The maximum atomic E-state index is 14.7. The van der Waals surface area contributed by atoms with Crippen LogP contribution in [0, 0.1) is 18.7 Å². The summed E-state index contributed by atoms with van der Waals surface area (Å²) in [6.07, 6.45) is 4.07. The number of benzene rings is 2. The fourth-order valence-electron chi connectivity index (χ4n) is 5.05. The Morgan fingerprint density at radius 1 is 1.20 bits per heavy atom. The summed E-state index contributed by atoms with van der Waals surface area (Å²) in [4.78, 5) is 51.0. The summed E-state index contributed by atoms with van der Waals surface area (Å²) < 4.78 is 26.1.